The number of carbonyl (C=O) groups excluding carboxylic acids is 1. The summed E-state index contributed by atoms with van der Waals surface area (Å²) in [6.45, 7) is 0. The zero-order valence-electron chi connectivity index (χ0n) is 8.50. The van der Waals surface area contributed by atoms with Crippen LogP contribution >= 0.6 is 50.3 Å². The van der Waals surface area contributed by atoms with Crippen molar-refractivity contribution in [2.45, 2.75) is 12.5 Å². The van der Waals surface area contributed by atoms with Crippen LogP contribution in [-0.4, -0.2) is 23.5 Å². The molecule has 0 saturated carbocycles. The number of benzene rings is 1. The largest absolute Gasteiger partial charge is 0.348 e. The van der Waals surface area contributed by atoms with E-state index in [1.807, 2.05) is 30.0 Å². The van der Waals surface area contributed by atoms with E-state index in [9.17, 15) is 4.79 Å². The fourth-order valence-electron chi connectivity index (χ4n) is 1.58. The van der Waals surface area contributed by atoms with Gasteiger partial charge in [0.2, 0.25) is 0 Å². The predicted octanol–water partition coefficient (Wildman–Crippen LogP) is 3.29. The Bertz CT molecular complexity index is 407. The monoisotopic (exact) mass is 411 g/mol. The van der Waals surface area contributed by atoms with E-state index in [0.29, 0.717) is 6.04 Å². The molecule has 0 bridgehead atoms. The smallest absolute Gasteiger partial charge is 0.252 e. The summed E-state index contributed by atoms with van der Waals surface area (Å²) in [7, 11) is 0. The van der Waals surface area contributed by atoms with Crippen LogP contribution in [0.1, 0.15) is 16.8 Å². The number of thioether (sulfide) groups is 1. The van der Waals surface area contributed by atoms with Gasteiger partial charge in [-0.1, -0.05) is 15.9 Å². The number of halogens is 2. The van der Waals surface area contributed by atoms with Crippen molar-refractivity contribution in [3.63, 3.8) is 0 Å². The summed E-state index contributed by atoms with van der Waals surface area (Å²) in [6, 6.07) is 6.11. The molecule has 1 fully saturated rings. The van der Waals surface area contributed by atoms with Gasteiger partial charge in [-0.2, -0.15) is 11.8 Å². The fraction of sp³-hybridized carbons (Fsp3) is 0.364. The molecule has 1 atom stereocenters. The highest BCUT2D eigenvalue weighted by molar-refractivity contribution is 14.1. The molecular weight excluding hydrogens is 401 g/mol. The van der Waals surface area contributed by atoms with Crippen LogP contribution in [0.4, 0.5) is 0 Å². The predicted molar refractivity (Wildman–Crippen MR) is 80.1 cm³/mol. The minimum atomic E-state index is 0.0400. The van der Waals surface area contributed by atoms with Crippen LogP contribution in [0.15, 0.2) is 22.7 Å². The molecule has 1 heterocycles. The van der Waals surface area contributed by atoms with Crippen molar-refractivity contribution in [2.24, 2.45) is 0 Å². The second-order valence-corrected chi connectivity index (χ2v) is 6.89. The van der Waals surface area contributed by atoms with Crippen LogP contribution in [0, 0.1) is 3.57 Å². The Morgan fingerprint density at radius 1 is 1.56 bits per heavy atom. The van der Waals surface area contributed by atoms with Gasteiger partial charge < -0.3 is 5.32 Å². The molecule has 0 aromatic heterocycles. The minimum absolute atomic E-state index is 0.0400. The molecule has 1 aliphatic rings. The third-order valence-electron chi connectivity index (χ3n) is 2.44. The first kappa shape index (κ1) is 12.7. The highest BCUT2D eigenvalue weighted by atomic mass is 127. The molecule has 2 rings (SSSR count). The highest BCUT2D eigenvalue weighted by Gasteiger charge is 2.19. The highest BCUT2D eigenvalue weighted by Crippen LogP contribution is 2.20. The second kappa shape index (κ2) is 5.73. The van der Waals surface area contributed by atoms with E-state index in [-0.39, 0.29) is 5.91 Å². The second-order valence-electron chi connectivity index (χ2n) is 3.66. The molecule has 1 aromatic carbocycles. The van der Waals surface area contributed by atoms with Gasteiger partial charge >= 0.3 is 0 Å². The van der Waals surface area contributed by atoms with Crippen molar-refractivity contribution in [1.82, 2.24) is 5.32 Å². The van der Waals surface area contributed by atoms with E-state index in [1.54, 1.807) is 0 Å². The molecular formula is C11H11BrINOS. The Morgan fingerprint density at radius 3 is 3.06 bits per heavy atom. The summed E-state index contributed by atoms with van der Waals surface area (Å²) in [5, 5.41) is 3.08. The standard InChI is InChI=1S/C11H11BrINOS/c12-7-1-2-10(13)9(5-7)11(15)14-8-3-4-16-6-8/h1-2,5,8H,3-4,6H2,(H,14,15). The van der Waals surface area contributed by atoms with Crippen LogP contribution in [0.25, 0.3) is 0 Å². The third kappa shape index (κ3) is 3.13. The van der Waals surface area contributed by atoms with Gasteiger partial charge in [0.15, 0.2) is 0 Å². The van der Waals surface area contributed by atoms with Gasteiger partial charge in [-0.05, 0) is 53.0 Å². The molecule has 1 aromatic rings. The topological polar surface area (TPSA) is 29.1 Å². The summed E-state index contributed by atoms with van der Waals surface area (Å²) in [4.78, 5) is 12.0. The Balaban J connectivity index is 2.10. The van der Waals surface area contributed by atoms with E-state index in [2.05, 4.69) is 43.8 Å². The molecule has 0 aliphatic carbocycles. The van der Waals surface area contributed by atoms with Gasteiger partial charge in [-0.25, -0.2) is 0 Å². The van der Waals surface area contributed by atoms with Crippen LogP contribution in [0.3, 0.4) is 0 Å². The lowest BCUT2D eigenvalue weighted by Crippen LogP contribution is -2.35. The number of carbonyl (C=O) groups is 1. The lowest BCUT2D eigenvalue weighted by molar-refractivity contribution is 0.0940. The van der Waals surface area contributed by atoms with Gasteiger partial charge in [0.25, 0.3) is 5.91 Å². The summed E-state index contributed by atoms with van der Waals surface area (Å²) in [5.41, 5.74) is 0.756. The molecule has 5 heteroatoms. The molecule has 0 spiro atoms. The zero-order valence-corrected chi connectivity index (χ0v) is 13.1. The number of nitrogens with one attached hydrogen (secondary N) is 1. The summed E-state index contributed by atoms with van der Waals surface area (Å²) in [5.74, 6) is 2.23. The molecule has 1 N–H and O–H groups in total. The van der Waals surface area contributed by atoms with Gasteiger partial charge in [0.1, 0.15) is 0 Å². The zero-order chi connectivity index (χ0) is 11.5. The lowest BCUT2D eigenvalue weighted by atomic mass is 10.2. The number of hydrogen-bond donors (Lipinski definition) is 1. The summed E-state index contributed by atoms with van der Waals surface area (Å²) in [6.07, 6.45) is 1.08. The molecule has 16 heavy (non-hydrogen) atoms. The summed E-state index contributed by atoms with van der Waals surface area (Å²) < 4.78 is 1.93. The molecule has 1 amide bonds. The summed E-state index contributed by atoms with van der Waals surface area (Å²) >= 11 is 7.48. The van der Waals surface area contributed by atoms with Crippen LogP contribution in [-0.2, 0) is 0 Å². The maximum absolute atomic E-state index is 12.0. The van der Waals surface area contributed by atoms with E-state index < -0.39 is 0 Å². The van der Waals surface area contributed by atoms with Crippen molar-refractivity contribution in [3.05, 3.63) is 31.8 Å². The average molecular weight is 412 g/mol. The number of hydrogen-bond acceptors (Lipinski definition) is 2. The minimum Gasteiger partial charge on any atom is -0.348 e. The van der Waals surface area contributed by atoms with E-state index in [4.69, 9.17) is 0 Å². The molecule has 0 radical (unpaired) electrons. The van der Waals surface area contributed by atoms with Gasteiger partial charge in [0.05, 0.1) is 5.56 Å². The maximum atomic E-state index is 12.0. The molecule has 86 valence electrons. The van der Waals surface area contributed by atoms with Crippen LogP contribution in [0.5, 0.6) is 0 Å². The SMILES string of the molecule is O=C(NC1CCSC1)c1cc(Br)ccc1I. The average Bonchev–Trinajstić information content (AvgIpc) is 2.74. The van der Waals surface area contributed by atoms with Gasteiger partial charge in [-0.3, -0.25) is 4.79 Å². The molecule has 2 nitrogen and oxygen atoms in total. The Hall–Kier alpha value is 0.250. The van der Waals surface area contributed by atoms with Crippen LogP contribution in [0.2, 0.25) is 0 Å². The van der Waals surface area contributed by atoms with Crippen molar-refractivity contribution < 1.29 is 4.79 Å². The van der Waals surface area contributed by atoms with E-state index >= 15 is 0 Å². The van der Waals surface area contributed by atoms with Gasteiger partial charge in [-0.15, -0.1) is 0 Å². The Labute approximate surface area is 121 Å². The van der Waals surface area contributed by atoms with Crippen molar-refractivity contribution in [2.75, 3.05) is 11.5 Å². The number of amides is 1. The maximum Gasteiger partial charge on any atom is 0.252 e. The number of rotatable bonds is 2. The van der Waals surface area contributed by atoms with Gasteiger partial charge in [0, 0.05) is 19.8 Å². The van der Waals surface area contributed by atoms with Crippen LogP contribution < -0.4 is 5.32 Å². The van der Waals surface area contributed by atoms with Crippen molar-refractivity contribution in [1.29, 1.82) is 0 Å². The van der Waals surface area contributed by atoms with E-state index in [1.165, 1.54) is 0 Å². The molecule has 1 unspecified atom stereocenters. The first-order chi connectivity index (χ1) is 7.66. The van der Waals surface area contributed by atoms with E-state index in [0.717, 1.165) is 31.5 Å². The first-order valence-electron chi connectivity index (χ1n) is 5.00. The Kier molecular flexibility index (Phi) is 4.55. The lowest BCUT2D eigenvalue weighted by Gasteiger charge is -2.12. The molecule has 1 saturated heterocycles. The van der Waals surface area contributed by atoms with Crippen molar-refractivity contribution in [3.8, 4) is 0 Å². The first-order valence-corrected chi connectivity index (χ1v) is 8.03. The quantitative estimate of drug-likeness (QED) is 0.756. The molecule has 1 aliphatic heterocycles. The van der Waals surface area contributed by atoms with Crippen molar-refractivity contribution >= 4 is 56.2 Å². The Morgan fingerprint density at radius 2 is 2.38 bits per heavy atom. The normalized spacial score (nSPS) is 19.8. The fourth-order valence-corrected chi connectivity index (χ4v) is 3.68. The third-order valence-corrected chi connectivity index (χ3v) is 5.03.